The first-order chi connectivity index (χ1) is 14.0. The molecule has 30 heavy (non-hydrogen) atoms. The zero-order valence-corrected chi connectivity index (χ0v) is 15.9. The second-order valence-corrected chi connectivity index (χ2v) is 6.73. The summed E-state index contributed by atoms with van der Waals surface area (Å²) in [6, 6.07) is 11.5. The summed E-state index contributed by atoms with van der Waals surface area (Å²) >= 11 is 0. The zero-order valence-electron chi connectivity index (χ0n) is 15.9. The van der Waals surface area contributed by atoms with Gasteiger partial charge in [-0.15, -0.1) is 0 Å². The van der Waals surface area contributed by atoms with Gasteiger partial charge in [0.1, 0.15) is 0 Å². The van der Waals surface area contributed by atoms with Gasteiger partial charge in [0.25, 0.3) is 0 Å². The van der Waals surface area contributed by atoms with Crippen molar-refractivity contribution in [2.75, 3.05) is 24.3 Å². The highest BCUT2D eigenvalue weighted by Gasteiger charge is 2.37. The van der Waals surface area contributed by atoms with Crippen LogP contribution in [0, 0.1) is 0 Å². The Labute approximate surface area is 169 Å². The third-order valence-corrected chi connectivity index (χ3v) is 4.32. The van der Waals surface area contributed by atoms with E-state index in [2.05, 4.69) is 10.3 Å². The Morgan fingerprint density at radius 2 is 1.40 bits per heavy atom. The Morgan fingerprint density at radius 1 is 0.800 bits per heavy atom. The monoisotopic (exact) mass is 425 g/mol. The molecule has 0 aliphatic heterocycles. The van der Waals surface area contributed by atoms with Gasteiger partial charge in [0, 0.05) is 37.2 Å². The Balaban J connectivity index is 2.11. The van der Waals surface area contributed by atoms with Crippen molar-refractivity contribution in [2.45, 2.75) is 12.4 Å². The zero-order chi connectivity index (χ0) is 22.1. The van der Waals surface area contributed by atoms with Crippen LogP contribution in [0.1, 0.15) is 11.1 Å². The molecular formula is C21H17F6N3. The molecular weight excluding hydrogens is 408 g/mol. The highest BCUT2D eigenvalue weighted by atomic mass is 19.4. The normalized spacial score (nSPS) is 12.0. The molecule has 0 unspecified atom stereocenters. The fourth-order valence-corrected chi connectivity index (χ4v) is 2.95. The van der Waals surface area contributed by atoms with E-state index in [0.717, 1.165) is 5.69 Å². The molecule has 0 aliphatic rings. The molecule has 3 rings (SSSR count). The minimum Gasteiger partial charge on any atom is -0.376 e. The van der Waals surface area contributed by atoms with Crippen molar-refractivity contribution >= 4 is 17.1 Å². The molecule has 158 valence electrons. The minimum atomic E-state index is -4.92. The highest BCUT2D eigenvalue weighted by molar-refractivity contribution is 5.85. The SMILES string of the molecule is CN(C)c1cccnc1-c1ccccc1Nc1cc(C(F)(F)F)cc(C(F)(F)F)c1. The van der Waals surface area contributed by atoms with Gasteiger partial charge in [-0.25, -0.2) is 0 Å². The van der Waals surface area contributed by atoms with E-state index in [0.29, 0.717) is 29.1 Å². The number of para-hydroxylation sites is 1. The molecule has 0 bridgehead atoms. The molecule has 1 heterocycles. The van der Waals surface area contributed by atoms with Crippen molar-refractivity contribution in [3.05, 3.63) is 71.9 Å². The summed E-state index contributed by atoms with van der Waals surface area (Å²) in [6.45, 7) is 0. The maximum Gasteiger partial charge on any atom is 0.416 e. The number of anilines is 3. The van der Waals surface area contributed by atoms with Crippen LogP contribution in [0.15, 0.2) is 60.8 Å². The lowest BCUT2D eigenvalue weighted by Gasteiger charge is -2.20. The molecule has 9 heteroatoms. The second-order valence-electron chi connectivity index (χ2n) is 6.73. The van der Waals surface area contributed by atoms with Crippen LogP contribution in [0.3, 0.4) is 0 Å². The van der Waals surface area contributed by atoms with Crippen LogP contribution in [-0.4, -0.2) is 19.1 Å². The quantitative estimate of drug-likeness (QED) is 0.478. The molecule has 0 saturated carbocycles. The van der Waals surface area contributed by atoms with Crippen LogP contribution in [0.2, 0.25) is 0 Å². The third kappa shape index (κ3) is 4.67. The molecule has 1 aromatic heterocycles. The summed E-state index contributed by atoms with van der Waals surface area (Å²) in [6.07, 6.45) is -8.28. The van der Waals surface area contributed by atoms with Crippen molar-refractivity contribution in [3.63, 3.8) is 0 Å². The van der Waals surface area contributed by atoms with Crippen LogP contribution in [0.25, 0.3) is 11.3 Å². The summed E-state index contributed by atoms with van der Waals surface area (Å²) in [7, 11) is 3.61. The number of rotatable bonds is 4. The predicted octanol–water partition coefficient (Wildman–Crippen LogP) is 6.60. The molecule has 0 aliphatic carbocycles. The number of hydrogen-bond donors (Lipinski definition) is 1. The van der Waals surface area contributed by atoms with Gasteiger partial charge in [-0.3, -0.25) is 4.98 Å². The first-order valence-electron chi connectivity index (χ1n) is 8.75. The minimum absolute atomic E-state index is 0.0972. The molecule has 3 aromatic rings. The topological polar surface area (TPSA) is 28.2 Å². The van der Waals surface area contributed by atoms with Crippen LogP contribution in [0.5, 0.6) is 0 Å². The van der Waals surface area contributed by atoms with Gasteiger partial charge in [0.05, 0.1) is 22.5 Å². The Kier molecular flexibility index (Phi) is 5.65. The molecule has 3 nitrogen and oxygen atoms in total. The van der Waals surface area contributed by atoms with E-state index in [4.69, 9.17) is 0 Å². The fraction of sp³-hybridized carbons (Fsp3) is 0.190. The maximum atomic E-state index is 13.2. The predicted molar refractivity (Wildman–Crippen MR) is 104 cm³/mol. The third-order valence-electron chi connectivity index (χ3n) is 4.32. The van der Waals surface area contributed by atoms with Crippen LogP contribution < -0.4 is 10.2 Å². The van der Waals surface area contributed by atoms with Gasteiger partial charge in [-0.2, -0.15) is 26.3 Å². The molecule has 1 N–H and O–H groups in total. The molecule has 0 radical (unpaired) electrons. The average molecular weight is 425 g/mol. The van der Waals surface area contributed by atoms with E-state index in [-0.39, 0.29) is 11.8 Å². The van der Waals surface area contributed by atoms with Gasteiger partial charge in [0.2, 0.25) is 0 Å². The average Bonchev–Trinajstić information content (AvgIpc) is 2.67. The van der Waals surface area contributed by atoms with E-state index in [9.17, 15) is 26.3 Å². The summed E-state index contributed by atoms with van der Waals surface area (Å²) in [5.74, 6) is 0. The standard InChI is InChI=1S/C21H17F6N3/c1-30(2)18-8-5-9-28-19(18)16-6-3-4-7-17(16)29-15-11-13(20(22,23)24)10-14(12-15)21(25,26)27/h3-12,29H,1-2H3. The second kappa shape index (κ2) is 7.89. The molecule has 2 aromatic carbocycles. The Hall–Kier alpha value is -3.23. The molecule has 0 saturated heterocycles. The lowest BCUT2D eigenvalue weighted by atomic mass is 10.0. The van der Waals surface area contributed by atoms with Gasteiger partial charge in [0.15, 0.2) is 0 Å². The van der Waals surface area contributed by atoms with Gasteiger partial charge in [-0.05, 0) is 36.4 Å². The number of aromatic nitrogens is 1. The van der Waals surface area contributed by atoms with E-state index < -0.39 is 23.5 Å². The van der Waals surface area contributed by atoms with Crippen LogP contribution in [0.4, 0.5) is 43.4 Å². The van der Waals surface area contributed by atoms with Gasteiger partial charge >= 0.3 is 12.4 Å². The molecule has 0 amide bonds. The van der Waals surface area contributed by atoms with Crippen LogP contribution >= 0.6 is 0 Å². The van der Waals surface area contributed by atoms with E-state index >= 15 is 0 Å². The molecule has 0 atom stereocenters. The lowest BCUT2D eigenvalue weighted by molar-refractivity contribution is -0.143. The van der Waals surface area contributed by atoms with Gasteiger partial charge in [-0.1, -0.05) is 18.2 Å². The van der Waals surface area contributed by atoms with Gasteiger partial charge < -0.3 is 10.2 Å². The number of nitrogens with one attached hydrogen (secondary N) is 1. The summed E-state index contributed by atoms with van der Waals surface area (Å²) in [5, 5.41) is 2.70. The first kappa shape index (κ1) is 21.5. The summed E-state index contributed by atoms with van der Waals surface area (Å²) in [5.41, 5.74) is -0.958. The summed E-state index contributed by atoms with van der Waals surface area (Å²) < 4.78 is 78.9. The summed E-state index contributed by atoms with van der Waals surface area (Å²) in [4.78, 5) is 6.16. The molecule has 0 spiro atoms. The first-order valence-corrected chi connectivity index (χ1v) is 8.75. The Morgan fingerprint density at radius 3 is 1.97 bits per heavy atom. The molecule has 0 fully saturated rings. The number of benzene rings is 2. The van der Waals surface area contributed by atoms with Crippen molar-refractivity contribution in [1.82, 2.24) is 4.98 Å². The maximum absolute atomic E-state index is 13.2. The number of hydrogen-bond acceptors (Lipinski definition) is 3. The number of pyridine rings is 1. The van der Waals surface area contributed by atoms with Crippen molar-refractivity contribution in [3.8, 4) is 11.3 Å². The lowest BCUT2D eigenvalue weighted by Crippen LogP contribution is -2.12. The van der Waals surface area contributed by atoms with E-state index in [1.807, 2.05) is 11.0 Å². The van der Waals surface area contributed by atoms with Crippen molar-refractivity contribution in [2.24, 2.45) is 0 Å². The van der Waals surface area contributed by atoms with E-state index in [1.54, 1.807) is 50.6 Å². The largest absolute Gasteiger partial charge is 0.416 e. The Bertz CT molecular complexity index is 1010. The van der Waals surface area contributed by atoms with Crippen molar-refractivity contribution in [1.29, 1.82) is 0 Å². The van der Waals surface area contributed by atoms with E-state index in [1.165, 1.54) is 0 Å². The van der Waals surface area contributed by atoms with Crippen LogP contribution in [-0.2, 0) is 12.4 Å². The number of nitrogens with zero attached hydrogens (tertiary/aromatic N) is 2. The smallest absolute Gasteiger partial charge is 0.376 e. The fourth-order valence-electron chi connectivity index (χ4n) is 2.95. The number of alkyl halides is 6. The highest BCUT2D eigenvalue weighted by Crippen LogP contribution is 2.39. The van der Waals surface area contributed by atoms with Crippen molar-refractivity contribution < 1.29 is 26.3 Å². The number of halogens is 6.